The zero-order valence-corrected chi connectivity index (χ0v) is 12.0. The first-order valence-corrected chi connectivity index (χ1v) is 7.52. The van der Waals surface area contributed by atoms with Gasteiger partial charge in [-0.1, -0.05) is 12.1 Å². The molecule has 0 aliphatic carbocycles. The number of halogens is 1. The highest BCUT2D eigenvalue weighted by atomic mass is 35.5. The van der Waals surface area contributed by atoms with Crippen LogP contribution >= 0.6 is 11.6 Å². The molecule has 0 bridgehead atoms. The highest BCUT2D eigenvalue weighted by molar-refractivity contribution is 6.18. The van der Waals surface area contributed by atoms with E-state index in [1.54, 1.807) is 6.20 Å². The van der Waals surface area contributed by atoms with Gasteiger partial charge in [0.25, 0.3) is 5.91 Å². The Labute approximate surface area is 123 Å². The van der Waals surface area contributed by atoms with Crippen LogP contribution in [-0.2, 0) is 0 Å². The van der Waals surface area contributed by atoms with Crippen LogP contribution in [0.5, 0.6) is 0 Å². The number of pyridine rings is 1. The smallest absolute Gasteiger partial charge is 0.254 e. The van der Waals surface area contributed by atoms with Crippen LogP contribution in [0.3, 0.4) is 0 Å². The van der Waals surface area contributed by atoms with Crippen molar-refractivity contribution in [3.63, 3.8) is 0 Å². The fourth-order valence-corrected chi connectivity index (χ4v) is 3.06. The van der Waals surface area contributed by atoms with Crippen LogP contribution in [0, 0.1) is 5.92 Å². The Morgan fingerprint density at radius 2 is 2.05 bits per heavy atom. The Hall–Kier alpha value is -1.61. The molecular formula is C16H17ClN2O. The number of hydrogen-bond donors (Lipinski definition) is 0. The number of aromatic nitrogens is 1. The quantitative estimate of drug-likeness (QED) is 0.794. The van der Waals surface area contributed by atoms with Gasteiger partial charge < -0.3 is 4.90 Å². The molecule has 4 heteroatoms. The molecule has 0 saturated carbocycles. The van der Waals surface area contributed by atoms with Crippen LogP contribution in [-0.4, -0.2) is 34.8 Å². The van der Waals surface area contributed by atoms with Gasteiger partial charge in [-0.15, -0.1) is 11.6 Å². The lowest BCUT2D eigenvalue weighted by Gasteiger charge is -2.31. The van der Waals surface area contributed by atoms with Crippen LogP contribution in [0.25, 0.3) is 10.9 Å². The van der Waals surface area contributed by atoms with Crippen LogP contribution in [0.15, 0.2) is 36.5 Å². The zero-order valence-electron chi connectivity index (χ0n) is 11.3. The minimum Gasteiger partial charge on any atom is -0.339 e. The van der Waals surface area contributed by atoms with Crippen molar-refractivity contribution in [3.05, 3.63) is 42.1 Å². The summed E-state index contributed by atoms with van der Waals surface area (Å²) in [4.78, 5) is 18.9. The first kappa shape index (κ1) is 13.4. The molecule has 0 N–H and O–H groups in total. The molecule has 0 atom stereocenters. The first-order chi connectivity index (χ1) is 9.79. The highest BCUT2D eigenvalue weighted by Crippen LogP contribution is 2.23. The average Bonchev–Trinajstić information content (AvgIpc) is 2.54. The molecule has 2 aromatic rings. The van der Waals surface area contributed by atoms with Gasteiger partial charge in [-0.2, -0.15) is 0 Å². The Bertz CT molecular complexity index is 615. The third-order valence-corrected chi connectivity index (χ3v) is 4.43. The van der Waals surface area contributed by atoms with E-state index in [1.807, 2.05) is 35.2 Å². The monoisotopic (exact) mass is 288 g/mol. The number of carbonyl (C=O) groups excluding carboxylic acids is 1. The topological polar surface area (TPSA) is 33.2 Å². The van der Waals surface area contributed by atoms with Gasteiger partial charge in [0.2, 0.25) is 0 Å². The molecule has 1 amide bonds. The largest absolute Gasteiger partial charge is 0.339 e. The van der Waals surface area contributed by atoms with Gasteiger partial charge in [0.05, 0.1) is 5.52 Å². The fourth-order valence-electron chi connectivity index (χ4n) is 2.75. The van der Waals surface area contributed by atoms with Gasteiger partial charge in [-0.25, -0.2) is 0 Å². The normalized spacial score (nSPS) is 16.6. The Balaban J connectivity index is 1.86. The highest BCUT2D eigenvalue weighted by Gasteiger charge is 2.24. The fraction of sp³-hybridized carbons (Fsp3) is 0.375. The second-order valence-corrected chi connectivity index (χ2v) is 5.57. The summed E-state index contributed by atoms with van der Waals surface area (Å²) in [5.41, 5.74) is 1.62. The van der Waals surface area contributed by atoms with E-state index in [-0.39, 0.29) is 5.91 Å². The van der Waals surface area contributed by atoms with Gasteiger partial charge in [0.15, 0.2) is 0 Å². The lowest BCUT2D eigenvalue weighted by atomic mass is 9.98. The van der Waals surface area contributed by atoms with Crippen molar-refractivity contribution in [2.75, 3.05) is 19.0 Å². The maximum absolute atomic E-state index is 12.7. The number of benzene rings is 1. The summed E-state index contributed by atoms with van der Waals surface area (Å²) in [6.07, 6.45) is 3.75. The maximum Gasteiger partial charge on any atom is 0.254 e. The van der Waals surface area contributed by atoms with E-state index in [0.717, 1.165) is 42.4 Å². The number of alkyl halides is 1. The van der Waals surface area contributed by atoms with Crippen molar-refractivity contribution in [1.82, 2.24) is 9.88 Å². The van der Waals surface area contributed by atoms with Gasteiger partial charge >= 0.3 is 0 Å². The van der Waals surface area contributed by atoms with E-state index < -0.39 is 0 Å². The van der Waals surface area contributed by atoms with Crippen molar-refractivity contribution in [3.8, 4) is 0 Å². The van der Waals surface area contributed by atoms with Gasteiger partial charge in [-0.05, 0) is 37.0 Å². The van der Waals surface area contributed by atoms with Crippen LogP contribution < -0.4 is 0 Å². The number of rotatable bonds is 2. The molecule has 1 aromatic heterocycles. The summed E-state index contributed by atoms with van der Waals surface area (Å²) in [6, 6.07) is 9.56. The summed E-state index contributed by atoms with van der Waals surface area (Å²) >= 11 is 5.89. The third-order valence-electron chi connectivity index (χ3n) is 4.00. The van der Waals surface area contributed by atoms with Crippen LogP contribution in [0.2, 0.25) is 0 Å². The maximum atomic E-state index is 12.7. The number of piperidine rings is 1. The molecule has 3 rings (SSSR count). The Kier molecular flexibility index (Phi) is 3.88. The number of hydrogen-bond acceptors (Lipinski definition) is 2. The van der Waals surface area contributed by atoms with Crippen molar-refractivity contribution in [1.29, 1.82) is 0 Å². The SMILES string of the molecule is O=C(c1cccc2ncccc12)N1CCC(CCl)CC1. The molecule has 0 spiro atoms. The lowest BCUT2D eigenvalue weighted by molar-refractivity contribution is 0.0700. The average molecular weight is 289 g/mol. The molecule has 1 saturated heterocycles. The van der Waals surface area contributed by atoms with Gasteiger partial charge in [0, 0.05) is 36.1 Å². The predicted molar refractivity (Wildman–Crippen MR) is 81.1 cm³/mol. The number of fused-ring (bicyclic) bond motifs is 1. The first-order valence-electron chi connectivity index (χ1n) is 6.98. The Morgan fingerprint density at radius 3 is 2.80 bits per heavy atom. The number of amides is 1. The zero-order chi connectivity index (χ0) is 13.9. The van der Waals surface area contributed by atoms with E-state index in [4.69, 9.17) is 11.6 Å². The molecule has 2 heterocycles. The minimum absolute atomic E-state index is 0.108. The molecule has 104 valence electrons. The Morgan fingerprint density at radius 1 is 1.25 bits per heavy atom. The molecule has 0 unspecified atom stereocenters. The van der Waals surface area contributed by atoms with Crippen molar-refractivity contribution >= 4 is 28.4 Å². The number of likely N-dealkylation sites (tertiary alicyclic amines) is 1. The summed E-state index contributed by atoms with van der Waals surface area (Å²) in [5, 5.41) is 0.930. The lowest BCUT2D eigenvalue weighted by Crippen LogP contribution is -2.38. The summed E-state index contributed by atoms with van der Waals surface area (Å²) in [5.74, 6) is 1.35. The second kappa shape index (κ2) is 5.80. The number of nitrogens with zero attached hydrogens (tertiary/aromatic N) is 2. The van der Waals surface area contributed by atoms with E-state index in [9.17, 15) is 4.79 Å². The van der Waals surface area contributed by atoms with Gasteiger partial charge in [0.1, 0.15) is 0 Å². The van der Waals surface area contributed by atoms with Crippen LogP contribution in [0.1, 0.15) is 23.2 Å². The van der Waals surface area contributed by atoms with Crippen LogP contribution in [0.4, 0.5) is 0 Å². The molecule has 20 heavy (non-hydrogen) atoms. The van der Waals surface area contributed by atoms with E-state index in [2.05, 4.69) is 4.98 Å². The van der Waals surface area contributed by atoms with Crippen molar-refractivity contribution in [2.24, 2.45) is 5.92 Å². The number of carbonyl (C=O) groups is 1. The summed E-state index contributed by atoms with van der Waals surface area (Å²) < 4.78 is 0. The van der Waals surface area contributed by atoms with E-state index in [0.29, 0.717) is 11.8 Å². The van der Waals surface area contributed by atoms with E-state index in [1.165, 1.54) is 0 Å². The summed E-state index contributed by atoms with van der Waals surface area (Å²) in [6.45, 7) is 1.60. The van der Waals surface area contributed by atoms with Crippen molar-refractivity contribution in [2.45, 2.75) is 12.8 Å². The van der Waals surface area contributed by atoms with Gasteiger partial charge in [-0.3, -0.25) is 9.78 Å². The third kappa shape index (κ3) is 2.50. The van der Waals surface area contributed by atoms with E-state index >= 15 is 0 Å². The predicted octanol–water partition coefficient (Wildman–Crippen LogP) is 3.33. The van der Waals surface area contributed by atoms with Crippen molar-refractivity contribution < 1.29 is 4.79 Å². The molecule has 0 radical (unpaired) electrons. The molecule has 3 nitrogen and oxygen atoms in total. The molecule has 1 aliphatic heterocycles. The molecule has 1 fully saturated rings. The molecular weight excluding hydrogens is 272 g/mol. The second-order valence-electron chi connectivity index (χ2n) is 5.27. The summed E-state index contributed by atoms with van der Waals surface area (Å²) in [7, 11) is 0. The molecule has 1 aromatic carbocycles. The molecule has 1 aliphatic rings. The standard InChI is InChI=1S/C16H17ClN2O/c17-11-12-6-9-19(10-7-12)16(20)14-3-1-5-15-13(14)4-2-8-18-15/h1-5,8,12H,6-7,9-11H2. The minimum atomic E-state index is 0.108.